The summed E-state index contributed by atoms with van der Waals surface area (Å²) in [6, 6.07) is 0. The quantitative estimate of drug-likeness (QED) is 0.391. The van der Waals surface area contributed by atoms with Gasteiger partial charge in [0.2, 0.25) is 0 Å². The standard InChI is InChI=1S/C23H30N4O2S2/c1-14(2)5-10-30-22-19-18(24-13-25-22)17-15-11-23(3,4)29-12-16(15)20(26-21(17)31-19)27-6-8-28-9-7-27/h13-14H,5-12H2,1-4H3. The van der Waals surface area contributed by atoms with Crippen molar-refractivity contribution < 1.29 is 9.47 Å². The van der Waals surface area contributed by atoms with E-state index in [4.69, 9.17) is 19.4 Å². The topological polar surface area (TPSA) is 60.4 Å². The Morgan fingerprint density at radius 2 is 2.00 bits per heavy atom. The minimum atomic E-state index is -0.195. The second-order valence-electron chi connectivity index (χ2n) is 9.39. The van der Waals surface area contributed by atoms with Gasteiger partial charge in [-0.2, -0.15) is 0 Å². The summed E-state index contributed by atoms with van der Waals surface area (Å²) in [5.41, 5.74) is 3.43. The van der Waals surface area contributed by atoms with Gasteiger partial charge in [0.15, 0.2) is 0 Å². The van der Waals surface area contributed by atoms with Gasteiger partial charge >= 0.3 is 0 Å². The van der Waals surface area contributed by atoms with Crippen LogP contribution in [0.5, 0.6) is 0 Å². The van der Waals surface area contributed by atoms with Crippen molar-refractivity contribution in [3.63, 3.8) is 0 Å². The van der Waals surface area contributed by atoms with Crippen LogP contribution in [0.4, 0.5) is 5.82 Å². The molecule has 0 N–H and O–H groups in total. The van der Waals surface area contributed by atoms with E-state index in [1.165, 1.54) is 27.6 Å². The van der Waals surface area contributed by atoms with E-state index in [0.717, 1.165) is 59.7 Å². The molecule has 5 rings (SSSR count). The van der Waals surface area contributed by atoms with Gasteiger partial charge in [-0.1, -0.05) is 13.8 Å². The predicted octanol–water partition coefficient (Wildman–Crippen LogP) is 5.07. The van der Waals surface area contributed by atoms with Crippen LogP contribution in [0.2, 0.25) is 0 Å². The first kappa shape index (κ1) is 21.4. The van der Waals surface area contributed by atoms with Gasteiger partial charge in [-0.15, -0.1) is 23.1 Å². The van der Waals surface area contributed by atoms with Crippen molar-refractivity contribution in [3.8, 4) is 0 Å². The summed E-state index contributed by atoms with van der Waals surface area (Å²) in [6.07, 6.45) is 3.77. The third kappa shape index (κ3) is 4.15. The van der Waals surface area contributed by atoms with Crippen LogP contribution in [0.15, 0.2) is 11.4 Å². The van der Waals surface area contributed by atoms with Crippen LogP contribution in [0, 0.1) is 5.92 Å². The van der Waals surface area contributed by atoms with E-state index in [0.29, 0.717) is 12.5 Å². The SMILES string of the molecule is CC(C)CCSc1ncnc2c1sc1nc(N3CCOCC3)c3c(c12)CC(C)(C)OC3. The highest BCUT2D eigenvalue weighted by molar-refractivity contribution is 7.99. The number of rotatable bonds is 5. The molecule has 31 heavy (non-hydrogen) atoms. The van der Waals surface area contributed by atoms with E-state index in [9.17, 15) is 0 Å². The maximum absolute atomic E-state index is 6.23. The van der Waals surface area contributed by atoms with Crippen molar-refractivity contribution >= 4 is 49.3 Å². The molecule has 5 heterocycles. The Kier molecular flexibility index (Phi) is 5.83. The molecule has 6 nitrogen and oxygen atoms in total. The number of morpholine rings is 1. The fraction of sp³-hybridized carbons (Fsp3) is 0.609. The van der Waals surface area contributed by atoms with E-state index in [2.05, 4.69) is 37.6 Å². The Morgan fingerprint density at radius 1 is 1.19 bits per heavy atom. The second-order valence-corrected chi connectivity index (χ2v) is 11.5. The molecule has 2 aliphatic rings. The lowest BCUT2D eigenvalue weighted by molar-refractivity contribution is -0.0396. The summed E-state index contributed by atoms with van der Waals surface area (Å²) >= 11 is 3.59. The third-order valence-corrected chi connectivity index (χ3v) is 8.25. The highest BCUT2D eigenvalue weighted by Gasteiger charge is 2.33. The van der Waals surface area contributed by atoms with Crippen molar-refractivity contribution in [1.82, 2.24) is 15.0 Å². The molecule has 2 aliphatic heterocycles. The molecule has 1 fully saturated rings. The Hall–Kier alpha value is -1.48. The molecule has 0 saturated carbocycles. The molecule has 3 aromatic rings. The van der Waals surface area contributed by atoms with Gasteiger partial charge in [-0.25, -0.2) is 15.0 Å². The average Bonchev–Trinajstić information content (AvgIpc) is 3.12. The van der Waals surface area contributed by atoms with Gasteiger partial charge in [0.1, 0.15) is 22.0 Å². The monoisotopic (exact) mass is 458 g/mol. The number of pyridine rings is 1. The molecule has 0 spiro atoms. The molecule has 0 aliphatic carbocycles. The summed E-state index contributed by atoms with van der Waals surface area (Å²) in [6.45, 7) is 12.7. The number of fused-ring (bicyclic) bond motifs is 5. The summed E-state index contributed by atoms with van der Waals surface area (Å²) in [4.78, 5) is 18.0. The first-order valence-corrected chi connectivity index (χ1v) is 12.9. The fourth-order valence-electron chi connectivity index (χ4n) is 4.30. The zero-order valence-corrected chi connectivity index (χ0v) is 20.4. The van der Waals surface area contributed by atoms with Crippen LogP contribution in [0.25, 0.3) is 20.4 Å². The van der Waals surface area contributed by atoms with Crippen LogP contribution in [-0.2, 0) is 22.5 Å². The highest BCUT2D eigenvalue weighted by Crippen LogP contribution is 2.44. The number of aromatic nitrogens is 3. The van der Waals surface area contributed by atoms with Crippen molar-refractivity contribution in [2.75, 3.05) is 37.0 Å². The maximum Gasteiger partial charge on any atom is 0.136 e. The van der Waals surface area contributed by atoms with Crippen LogP contribution < -0.4 is 4.90 Å². The molecule has 166 valence electrons. The Balaban J connectivity index is 1.67. The summed E-state index contributed by atoms with van der Waals surface area (Å²) in [7, 11) is 0. The summed E-state index contributed by atoms with van der Waals surface area (Å²) in [5.74, 6) is 2.83. The largest absolute Gasteiger partial charge is 0.378 e. The first-order chi connectivity index (χ1) is 14.9. The van der Waals surface area contributed by atoms with Crippen molar-refractivity contribution in [3.05, 3.63) is 17.5 Å². The van der Waals surface area contributed by atoms with Gasteiger partial charge < -0.3 is 14.4 Å². The van der Waals surface area contributed by atoms with E-state index in [1.807, 2.05) is 11.8 Å². The minimum Gasteiger partial charge on any atom is -0.378 e. The van der Waals surface area contributed by atoms with Crippen LogP contribution in [0.3, 0.4) is 0 Å². The average molecular weight is 459 g/mol. The first-order valence-electron chi connectivity index (χ1n) is 11.1. The number of nitrogens with zero attached hydrogens (tertiary/aromatic N) is 4. The molecular weight excluding hydrogens is 428 g/mol. The van der Waals surface area contributed by atoms with Crippen LogP contribution in [-0.4, -0.2) is 52.6 Å². The predicted molar refractivity (Wildman–Crippen MR) is 128 cm³/mol. The third-order valence-electron chi connectivity index (χ3n) is 6.02. The van der Waals surface area contributed by atoms with E-state index in [1.54, 1.807) is 17.7 Å². The number of ether oxygens (including phenoxy) is 2. The Labute approximate surface area is 191 Å². The van der Waals surface area contributed by atoms with E-state index < -0.39 is 0 Å². The molecule has 3 aromatic heterocycles. The molecule has 0 aromatic carbocycles. The molecule has 8 heteroatoms. The van der Waals surface area contributed by atoms with Crippen molar-refractivity contribution in [1.29, 1.82) is 0 Å². The van der Waals surface area contributed by atoms with Crippen LogP contribution in [0.1, 0.15) is 45.2 Å². The Bertz CT molecular complexity index is 1110. The zero-order valence-electron chi connectivity index (χ0n) is 18.7. The number of hydrogen-bond acceptors (Lipinski definition) is 8. The van der Waals surface area contributed by atoms with E-state index >= 15 is 0 Å². The lowest BCUT2D eigenvalue weighted by Crippen LogP contribution is -2.39. The summed E-state index contributed by atoms with van der Waals surface area (Å²) < 4.78 is 13.0. The zero-order chi connectivity index (χ0) is 21.6. The smallest absolute Gasteiger partial charge is 0.136 e. The second kappa shape index (κ2) is 8.46. The molecule has 0 bridgehead atoms. The van der Waals surface area contributed by atoms with Gasteiger partial charge in [-0.05, 0) is 37.5 Å². The minimum absolute atomic E-state index is 0.195. The highest BCUT2D eigenvalue weighted by atomic mass is 32.2. The Morgan fingerprint density at radius 3 is 2.77 bits per heavy atom. The van der Waals surface area contributed by atoms with Crippen LogP contribution >= 0.6 is 23.1 Å². The maximum atomic E-state index is 6.23. The molecule has 0 unspecified atom stereocenters. The van der Waals surface area contributed by atoms with Gasteiger partial charge in [0.05, 0.1) is 35.6 Å². The molecule has 1 saturated heterocycles. The molecule has 0 atom stereocenters. The number of thioether (sulfide) groups is 1. The number of hydrogen-bond donors (Lipinski definition) is 0. The fourth-order valence-corrected chi connectivity index (χ4v) is 6.77. The molecule has 0 radical (unpaired) electrons. The lowest BCUT2D eigenvalue weighted by atomic mass is 9.90. The van der Waals surface area contributed by atoms with Gasteiger partial charge in [-0.3, -0.25) is 0 Å². The van der Waals surface area contributed by atoms with Gasteiger partial charge in [0, 0.05) is 30.5 Å². The normalized spacial score (nSPS) is 18.8. The summed E-state index contributed by atoms with van der Waals surface area (Å²) in [5, 5.41) is 2.29. The number of anilines is 1. The molecule has 0 amide bonds. The van der Waals surface area contributed by atoms with Crippen molar-refractivity contribution in [2.45, 2.75) is 57.8 Å². The number of thiophene rings is 1. The lowest BCUT2D eigenvalue weighted by Gasteiger charge is -2.36. The van der Waals surface area contributed by atoms with Crippen molar-refractivity contribution in [2.24, 2.45) is 5.92 Å². The van der Waals surface area contributed by atoms with Gasteiger partial charge in [0.25, 0.3) is 0 Å². The molecular formula is C23H30N4O2S2. The van der Waals surface area contributed by atoms with E-state index in [-0.39, 0.29) is 5.60 Å².